The number of fused-ring (bicyclic) bond motifs is 7. The van der Waals surface area contributed by atoms with Crippen molar-refractivity contribution in [2.45, 2.75) is 19.3 Å². The van der Waals surface area contributed by atoms with Crippen molar-refractivity contribution < 1.29 is 5.11 Å². The van der Waals surface area contributed by atoms with Crippen LogP contribution in [-0.4, -0.2) is 10.1 Å². The van der Waals surface area contributed by atoms with E-state index in [2.05, 4.69) is 61.3 Å². The average molecular weight is 299 g/mol. The predicted octanol–water partition coefficient (Wildman–Crippen LogP) is 5.33. The number of rotatable bonds is 0. The van der Waals surface area contributed by atoms with Gasteiger partial charge in [0.2, 0.25) is 0 Å². The lowest BCUT2D eigenvalue weighted by molar-refractivity contribution is 0.478. The second-order valence-electron chi connectivity index (χ2n) is 6.91. The van der Waals surface area contributed by atoms with Gasteiger partial charge in [0.25, 0.3) is 0 Å². The van der Waals surface area contributed by atoms with E-state index in [1.165, 1.54) is 27.6 Å². The number of hydrogen-bond acceptors (Lipinski definition) is 1. The van der Waals surface area contributed by atoms with Crippen LogP contribution >= 0.6 is 0 Å². The van der Waals surface area contributed by atoms with Crippen LogP contribution in [0.15, 0.2) is 54.6 Å². The van der Waals surface area contributed by atoms with Crippen LogP contribution in [0.3, 0.4) is 0 Å². The zero-order chi connectivity index (χ0) is 15.8. The van der Waals surface area contributed by atoms with Crippen molar-refractivity contribution in [3.63, 3.8) is 0 Å². The van der Waals surface area contributed by atoms with Crippen LogP contribution in [0.1, 0.15) is 25.0 Å². The molecule has 112 valence electrons. The zero-order valence-corrected chi connectivity index (χ0v) is 13.1. The van der Waals surface area contributed by atoms with E-state index in [0.717, 1.165) is 16.4 Å². The third-order valence-electron chi connectivity index (χ3n) is 5.31. The van der Waals surface area contributed by atoms with E-state index < -0.39 is 0 Å². The van der Waals surface area contributed by atoms with E-state index in [9.17, 15) is 5.11 Å². The van der Waals surface area contributed by atoms with Crippen LogP contribution in [0.25, 0.3) is 32.9 Å². The standard InChI is InChI=1S/C21H17NO/c1-21(2)14-9-5-3-7-12(14)18-15(21)11-17(23)20-19(18)13-8-4-6-10-16(13)22-20/h3-11,22-23H,1-2H3. The molecule has 0 spiro atoms. The Morgan fingerprint density at radius 2 is 1.65 bits per heavy atom. The van der Waals surface area contributed by atoms with Crippen LogP contribution in [0.2, 0.25) is 0 Å². The molecule has 2 N–H and O–H groups in total. The fraction of sp³-hybridized carbons (Fsp3) is 0.143. The molecule has 0 saturated carbocycles. The molecule has 1 aromatic heterocycles. The third-order valence-corrected chi connectivity index (χ3v) is 5.31. The van der Waals surface area contributed by atoms with Gasteiger partial charge in [-0.1, -0.05) is 56.3 Å². The van der Waals surface area contributed by atoms with Crippen molar-refractivity contribution in [2.24, 2.45) is 0 Å². The second-order valence-corrected chi connectivity index (χ2v) is 6.91. The summed E-state index contributed by atoms with van der Waals surface area (Å²) in [5.74, 6) is 0.329. The normalized spacial score (nSPS) is 15.0. The number of para-hydroxylation sites is 1. The van der Waals surface area contributed by atoms with Gasteiger partial charge in [-0.25, -0.2) is 0 Å². The largest absolute Gasteiger partial charge is 0.506 e. The lowest BCUT2D eigenvalue weighted by Crippen LogP contribution is -2.14. The Hall–Kier alpha value is -2.74. The molecule has 1 aliphatic rings. The molecule has 1 aliphatic carbocycles. The SMILES string of the molecule is CC1(C)c2ccccc2-c2c1cc(O)c1[nH]c3ccccc3c21. The van der Waals surface area contributed by atoms with E-state index >= 15 is 0 Å². The summed E-state index contributed by atoms with van der Waals surface area (Å²) in [7, 11) is 0. The summed E-state index contributed by atoms with van der Waals surface area (Å²) in [6, 6.07) is 18.8. The minimum absolute atomic E-state index is 0.101. The number of aromatic amines is 1. The highest BCUT2D eigenvalue weighted by atomic mass is 16.3. The second kappa shape index (κ2) is 3.96. The maximum absolute atomic E-state index is 10.6. The maximum Gasteiger partial charge on any atom is 0.140 e. The van der Waals surface area contributed by atoms with Crippen molar-refractivity contribution in [3.8, 4) is 16.9 Å². The lowest BCUT2D eigenvalue weighted by atomic mass is 9.82. The molecule has 0 saturated heterocycles. The van der Waals surface area contributed by atoms with Gasteiger partial charge in [-0.15, -0.1) is 0 Å². The first-order chi connectivity index (χ1) is 11.1. The molecule has 4 aromatic rings. The number of phenolic OH excluding ortho intramolecular Hbond substituents is 1. The number of nitrogens with one attached hydrogen (secondary N) is 1. The number of hydrogen-bond donors (Lipinski definition) is 2. The quantitative estimate of drug-likeness (QED) is 0.452. The Kier molecular flexibility index (Phi) is 2.20. The van der Waals surface area contributed by atoms with Crippen molar-refractivity contribution in [3.05, 3.63) is 65.7 Å². The highest BCUT2D eigenvalue weighted by molar-refractivity contribution is 6.18. The summed E-state index contributed by atoms with van der Waals surface area (Å²) in [5.41, 5.74) is 6.86. The van der Waals surface area contributed by atoms with Crippen molar-refractivity contribution >= 4 is 21.8 Å². The van der Waals surface area contributed by atoms with Gasteiger partial charge in [-0.2, -0.15) is 0 Å². The first kappa shape index (κ1) is 12.8. The fourth-order valence-corrected chi connectivity index (χ4v) is 4.17. The Labute approximate surface area is 134 Å². The summed E-state index contributed by atoms with van der Waals surface area (Å²) in [6.45, 7) is 4.47. The smallest absolute Gasteiger partial charge is 0.140 e. The van der Waals surface area contributed by atoms with Crippen molar-refractivity contribution in [1.29, 1.82) is 0 Å². The number of H-pyrrole nitrogens is 1. The number of phenols is 1. The van der Waals surface area contributed by atoms with E-state index in [4.69, 9.17) is 0 Å². The summed E-state index contributed by atoms with van der Waals surface area (Å²) in [6.07, 6.45) is 0. The lowest BCUT2D eigenvalue weighted by Gasteiger charge is -2.21. The summed E-state index contributed by atoms with van der Waals surface area (Å²) in [5, 5.41) is 12.9. The van der Waals surface area contributed by atoms with Gasteiger partial charge in [0.1, 0.15) is 5.75 Å². The molecule has 2 nitrogen and oxygen atoms in total. The first-order valence-corrected chi connectivity index (χ1v) is 7.96. The average Bonchev–Trinajstić information content (AvgIpc) is 3.04. The molecule has 5 rings (SSSR count). The van der Waals surface area contributed by atoms with Gasteiger partial charge in [0, 0.05) is 21.7 Å². The third kappa shape index (κ3) is 1.43. The van der Waals surface area contributed by atoms with Gasteiger partial charge in [0.05, 0.1) is 5.52 Å². The monoisotopic (exact) mass is 299 g/mol. The molecule has 23 heavy (non-hydrogen) atoms. The molecule has 0 atom stereocenters. The minimum atomic E-state index is -0.101. The van der Waals surface area contributed by atoms with Crippen LogP contribution < -0.4 is 0 Å². The Morgan fingerprint density at radius 1 is 0.913 bits per heavy atom. The highest BCUT2D eigenvalue weighted by Crippen LogP contribution is 2.54. The van der Waals surface area contributed by atoms with Gasteiger partial charge in [0.15, 0.2) is 0 Å². The Balaban J connectivity index is 2.09. The van der Waals surface area contributed by atoms with E-state index in [-0.39, 0.29) is 5.41 Å². The van der Waals surface area contributed by atoms with Crippen LogP contribution in [-0.2, 0) is 5.41 Å². The molecular formula is C21H17NO. The summed E-state index contributed by atoms with van der Waals surface area (Å²) < 4.78 is 0. The molecule has 1 heterocycles. The van der Waals surface area contributed by atoms with Crippen molar-refractivity contribution in [1.82, 2.24) is 4.98 Å². The molecule has 0 aliphatic heterocycles. The fourth-order valence-electron chi connectivity index (χ4n) is 4.17. The maximum atomic E-state index is 10.6. The molecule has 0 radical (unpaired) electrons. The molecular weight excluding hydrogens is 282 g/mol. The van der Waals surface area contributed by atoms with E-state index in [0.29, 0.717) is 5.75 Å². The van der Waals surface area contributed by atoms with Gasteiger partial charge in [-0.05, 0) is 34.4 Å². The number of aromatic hydroxyl groups is 1. The molecule has 2 heteroatoms. The Bertz CT molecular complexity index is 1100. The molecule has 3 aromatic carbocycles. The molecule has 0 bridgehead atoms. The Morgan fingerprint density at radius 3 is 2.52 bits per heavy atom. The first-order valence-electron chi connectivity index (χ1n) is 7.96. The summed E-state index contributed by atoms with van der Waals surface area (Å²) >= 11 is 0. The topological polar surface area (TPSA) is 36.0 Å². The predicted molar refractivity (Wildman–Crippen MR) is 95.0 cm³/mol. The molecule has 0 fully saturated rings. The summed E-state index contributed by atoms with van der Waals surface area (Å²) in [4.78, 5) is 3.38. The number of aromatic nitrogens is 1. The van der Waals surface area contributed by atoms with Crippen molar-refractivity contribution in [2.75, 3.05) is 0 Å². The minimum Gasteiger partial charge on any atom is -0.506 e. The van der Waals surface area contributed by atoms with Gasteiger partial charge < -0.3 is 10.1 Å². The molecule has 0 unspecified atom stereocenters. The van der Waals surface area contributed by atoms with Gasteiger partial charge >= 0.3 is 0 Å². The van der Waals surface area contributed by atoms with Crippen LogP contribution in [0, 0.1) is 0 Å². The zero-order valence-electron chi connectivity index (χ0n) is 13.1. The molecule has 0 amide bonds. The van der Waals surface area contributed by atoms with Crippen LogP contribution in [0.4, 0.5) is 0 Å². The number of benzene rings is 3. The van der Waals surface area contributed by atoms with Crippen LogP contribution in [0.5, 0.6) is 5.75 Å². The van der Waals surface area contributed by atoms with E-state index in [1.807, 2.05) is 12.1 Å². The highest BCUT2D eigenvalue weighted by Gasteiger charge is 2.37. The van der Waals surface area contributed by atoms with E-state index in [1.54, 1.807) is 0 Å². The van der Waals surface area contributed by atoms with Gasteiger partial charge in [-0.3, -0.25) is 0 Å².